The van der Waals surface area contributed by atoms with Crippen LogP contribution in [0.1, 0.15) is 43.9 Å². The molecule has 0 fully saturated rings. The molecule has 5 nitrogen and oxygen atoms in total. The summed E-state index contributed by atoms with van der Waals surface area (Å²) in [6, 6.07) is 8.16. The smallest absolute Gasteiger partial charge is 0.226 e. The Morgan fingerprint density at radius 3 is 2.56 bits per heavy atom. The molecular formula is C19H29IN4O. The molecule has 0 aliphatic heterocycles. The van der Waals surface area contributed by atoms with Crippen LogP contribution in [-0.4, -0.2) is 24.5 Å². The van der Waals surface area contributed by atoms with Gasteiger partial charge >= 0.3 is 0 Å². The SMILES string of the molecule is CCCCCCNC(=NC)NCc1coc(-c2ccc(C)cc2)n1.I. The molecule has 0 amide bonds. The van der Waals surface area contributed by atoms with E-state index in [0.29, 0.717) is 12.4 Å². The zero-order valence-electron chi connectivity index (χ0n) is 15.3. The van der Waals surface area contributed by atoms with E-state index in [2.05, 4.69) is 46.6 Å². The molecule has 0 bridgehead atoms. The highest BCUT2D eigenvalue weighted by Crippen LogP contribution is 2.18. The number of aryl methyl sites for hydroxylation is 1. The summed E-state index contributed by atoms with van der Waals surface area (Å²) in [7, 11) is 1.78. The van der Waals surface area contributed by atoms with Gasteiger partial charge in [0.25, 0.3) is 0 Å². The molecule has 2 aromatic rings. The van der Waals surface area contributed by atoms with Crippen molar-refractivity contribution in [3.63, 3.8) is 0 Å². The molecule has 0 unspecified atom stereocenters. The van der Waals surface area contributed by atoms with Crippen molar-refractivity contribution < 1.29 is 4.42 Å². The molecule has 1 aromatic heterocycles. The van der Waals surface area contributed by atoms with E-state index >= 15 is 0 Å². The van der Waals surface area contributed by atoms with Crippen LogP contribution in [0.15, 0.2) is 39.9 Å². The summed E-state index contributed by atoms with van der Waals surface area (Å²) in [4.78, 5) is 8.76. The maximum Gasteiger partial charge on any atom is 0.226 e. The van der Waals surface area contributed by atoms with Crippen molar-refractivity contribution in [2.75, 3.05) is 13.6 Å². The molecule has 0 spiro atoms. The summed E-state index contributed by atoms with van der Waals surface area (Å²) in [5.41, 5.74) is 3.07. The van der Waals surface area contributed by atoms with Gasteiger partial charge in [0, 0.05) is 19.2 Å². The molecular weight excluding hydrogens is 427 g/mol. The van der Waals surface area contributed by atoms with Gasteiger partial charge in [0.05, 0.1) is 12.2 Å². The molecule has 25 heavy (non-hydrogen) atoms. The Balaban J connectivity index is 0.00000312. The summed E-state index contributed by atoms with van der Waals surface area (Å²) in [5.74, 6) is 1.45. The van der Waals surface area contributed by atoms with Crippen LogP contribution in [0.25, 0.3) is 11.5 Å². The highest BCUT2D eigenvalue weighted by molar-refractivity contribution is 14.0. The maximum atomic E-state index is 5.57. The second-order valence-corrected chi connectivity index (χ2v) is 5.92. The summed E-state index contributed by atoms with van der Waals surface area (Å²) in [5, 5.41) is 6.59. The zero-order valence-corrected chi connectivity index (χ0v) is 17.7. The van der Waals surface area contributed by atoms with Crippen molar-refractivity contribution in [2.45, 2.75) is 46.1 Å². The van der Waals surface area contributed by atoms with Gasteiger partial charge in [-0.25, -0.2) is 4.98 Å². The highest BCUT2D eigenvalue weighted by Gasteiger charge is 2.07. The number of hydrogen-bond donors (Lipinski definition) is 2. The van der Waals surface area contributed by atoms with Gasteiger partial charge in [-0.2, -0.15) is 0 Å². The van der Waals surface area contributed by atoms with Gasteiger partial charge in [-0.15, -0.1) is 24.0 Å². The molecule has 2 rings (SSSR count). The van der Waals surface area contributed by atoms with Crippen LogP contribution in [0, 0.1) is 6.92 Å². The first-order valence-electron chi connectivity index (χ1n) is 8.69. The van der Waals surface area contributed by atoms with E-state index in [9.17, 15) is 0 Å². The average molecular weight is 456 g/mol. The predicted molar refractivity (Wildman–Crippen MR) is 114 cm³/mol. The van der Waals surface area contributed by atoms with Crippen LogP contribution < -0.4 is 10.6 Å². The Labute approximate surface area is 167 Å². The van der Waals surface area contributed by atoms with E-state index < -0.39 is 0 Å². The van der Waals surface area contributed by atoms with Crippen molar-refractivity contribution >= 4 is 29.9 Å². The molecule has 2 N–H and O–H groups in total. The van der Waals surface area contributed by atoms with Crippen LogP contribution >= 0.6 is 24.0 Å². The second-order valence-electron chi connectivity index (χ2n) is 5.92. The Kier molecular flexibility index (Phi) is 10.2. The van der Waals surface area contributed by atoms with Gasteiger partial charge in [-0.05, 0) is 25.5 Å². The number of rotatable bonds is 8. The molecule has 1 aromatic carbocycles. The average Bonchev–Trinajstić information content (AvgIpc) is 3.07. The third kappa shape index (κ3) is 7.46. The van der Waals surface area contributed by atoms with E-state index in [0.717, 1.165) is 30.2 Å². The number of oxazole rings is 1. The maximum absolute atomic E-state index is 5.57. The third-order valence-corrected chi connectivity index (χ3v) is 3.83. The van der Waals surface area contributed by atoms with Crippen LogP contribution in [0.2, 0.25) is 0 Å². The van der Waals surface area contributed by atoms with E-state index in [-0.39, 0.29) is 24.0 Å². The Morgan fingerprint density at radius 1 is 1.12 bits per heavy atom. The minimum Gasteiger partial charge on any atom is -0.444 e. The number of guanidine groups is 1. The lowest BCUT2D eigenvalue weighted by Gasteiger charge is -2.10. The number of halogens is 1. The fourth-order valence-corrected chi connectivity index (χ4v) is 2.37. The van der Waals surface area contributed by atoms with Crippen molar-refractivity contribution in [2.24, 2.45) is 4.99 Å². The first-order valence-corrected chi connectivity index (χ1v) is 8.69. The molecule has 6 heteroatoms. The summed E-state index contributed by atoms with van der Waals surface area (Å²) in [6.45, 7) is 5.81. The zero-order chi connectivity index (χ0) is 17.2. The molecule has 1 heterocycles. The number of hydrogen-bond acceptors (Lipinski definition) is 3. The number of benzene rings is 1. The molecule has 0 radical (unpaired) electrons. The summed E-state index contributed by atoms with van der Waals surface area (Å²) < 4.78 is 5.57. The van der Waals surface area contributed by atoms with Crippen molar-refractivity contribution in [1.82, 2.24) is 15.6 Å². The first kappa shape index (κ1) is 21.5. The molecule has 138 valence electrons. The third-order valence-electron chi connectivity index (χ3n) is 3.83. The van der Waals surface area contributed by atoms with Gasteiger partial charge in [-0.3, -0.25) is 4.99 Å². The largest absolute Gasteiger partial charge is 0.444 e. The number of aliphatic imine (C=N–C) groups is 1. The van der Waals surface area contributed by atoms with Crippen molar-refractivity contribution in [3.05, 3.63) is 41.8 Å². The molecule has 0 aliphatic rings. The Hall–Kier alpha value is -1.57. The van der Waals surface area contributed by atoms with Gasteiger partial charge in [-0.1, -0.05) is 43.9 Å². The van der Waals surface area contributed by atoms with Crippen LogP contribution in [0.4, 0.5) is 0 Å². The normalized spacial score (nSPS) is 11.1. The number of nitrogens with zero attached hydrogens (tertiary/aromatic N) is 2. The second kappa shape index (κ2) is 11.9. The van der Waals surface area contributed by atoms with E-state index in [1.54, 1.807) is 13.3 Å². The summed E-state index contributed by atoms with van der Waals surface area (Å²) >= 11 is 0. The van der Waals surface area contributed by atoms with E-state index in [4.69, 9.17) is 4.42 Å². The molecule has 0 saturated heterocycles. The lowest BCUT2D eigenvalue weighted by molar-refractivity contribution is 0.572. The van der Waals surface area contributed by atoms with Gasteiger partial charge in [0.15, 0.2) is 5.96 Å². The standard InChI is InChI=1S/C19H28N4O.HI/c1-4-5-6-7-12-21-19(20-3)22-13-17-14-24-18(23-17)16-10-8-15(2)9-11-16;/h8-11,14H,4-7,12-13H2,1-3H3,(H2,20,21,22);1H. The minimum atomic E-state index is 0. The molecule has 0 aliphatic carbocycles. The number of aromatic nitrogens is 1. The van der Waals surface area contributed by atoms with E-state index in [1.165, 1.54) is 24.8 Å². The van der Waals surface area contributed by atoms with Crippen LogP contribution in [0.5, 0.6) is 0 Å². The van der Waals surface area contributed by atoms with E-state index in [1.807, 2.05) is 12.1 Å². The monoisotopic (exact) mass is 456 g/mol. The first-order chi connectivity index (χ1) is 11.7. The topological polar surface area (TPSA) is 62.5 Å². The highest BCUT2D eigenvalue weighted by atomic mass is 127. The van der Waals surface area contributed by atoms with Gasteiger partial charge in [0.2, 0.25) is 5.89 Å². The van der Waals surface area contributed by atoms with Crippen molar-refractivity contribution in [1.29, 1.82) is 0 Å². The van der Waals surface area contributed by atoms with Crippen LogP contribution in [0.3, 0.4) is 0 Å². The van der Waals surface area contributed by atoms with Gasteiger partial charge in [0.1, 0.15) is 6.26 Å². The quantitative estimate of drug-likeness (QED) is 0.266. The fraction of sp³-hybridized carbons (Fsp3) is 0.474. The fourth-order valence-electron chi connectivity index (χ4n) is 2.37. The Bertz CT molecular complexity index is 637. The number of unbranched alkanes of at least 4 members (excludes halogenated alkanes) is 3. The van der Waals surface area contributed by atoms with Gasteiger partial charge < -0.3 is 15.1 Å². The van der Waals surface area contributed by atoms with Crippen LogP contribution in [-0.2, 0) is 6.54 Å². The number of nitrogens with one attached hydrogen (secondary N) is 2. The summed E-state index contributed by atoms with van der Waals surface area (Å²) in [6.07, 6.45) is 6.65. The molecule has 0 saturated carbocycles. The lowest BCUT2D eigenvalue weighted by atomic mass is 10.1. The van der Waals surface area contributed by atoms with Crippen molar-refractivity contribution in [3.8, 4) is 11.5 Å². The molecule has 0 atom stereocenters. The minimum absolute atomic E-state index is 0. The Morgan fingerprint density at radius 2 is 1.88 bits per heavy atom. The lowest BCUT2D eigenvalue weighted by Crippen LogP contribution is -2.37. The predicted octanol–water partition coefficient (Wildman–Crippen LogP) is 4.51.